The van der Waals surface area contributed by atoms with Crippen LogP contribution in [0, 0.1) is 0 Å². The molecule has 0 spiro atoms. The van der Waals surface area contributed by atoms with Gasteiger partial charge in [-0.15, -0.1) is 0 Å². The van der Waals surface area contributed by atoms with Crippen molar-refractivity contribution in [1.82, 2.24) is 0 Å². The van der Waals surface area contributed by atoms with Gasteiger partial charge in [0.1, 0.15) is 11.5 Å². The molecular weight excluding hydrogens is 202 g/mol. The van der Waals surface area contributed by atoms with Crippen molar-refractivity contribution in [1.29, 1.82) is 0 Å². The predicted octanol–water partition coefficient (Wildman–Crippen LogP) is 2.25. The van der Waals surface area contributed by atoms with E-state index in [2.05, 4.69) is 11.0 Å². The highest BCUT2D eigenvalue weighted by molar-refractivity contribution is 5.76. The summed E-state index contributed by atoms with van der Waals surface area (Å²) in [5.74, 6) is 1.17. The molecule has 1 aliphatic rings. The molecule has 3 heteroatoms. The van der Waals surface area contributed by atoms with Gasteiger partial charge in [-0.3, -0.25) is 4.79 Å². The van der Waals surface area contributed by atoms with Crippen molar-refractivity contribution in [2.75, 3.05) is 24.6 Å². The molecule has 86 valence electrons. The number of para-hydroxylation sites is 2. The van der Waals surface area contributed by atoms with E-state index in [9.17, 15) is 4.79 Å². The highest BCUT2D eigenvalue weighted by Crippen LogP contribution is 2.30. The minimum Gasteiger partial charge on any atom is -0.491 e. The van der Waals surface area contributed by atoms with Crippen molar-refractivity contribution in [3.63, 3.8) is 0 Å². The van der Waals surface area contributed by atoms with E-state index < -0.39 is 0 Å². The minimum atomic E-state index is 0.239. The van der Waals surface area contributed by atoms with Crippen molar-refractivity contribution in [2.45, 2.75) is 19.8 Å². The molecule has 0 aromatic heterocycles. The first-order chi connectivity index (χ1) is 7.77. The van der Waals surface area contributed by atoms with Gasteiger partial charge in [0, 0.05) is 19.5 Å². The summed E-state index contributed by atoms with van der Waals surface area (Å²) in [5, 5.41) is 0. The molecule has 3 nitrogen and oxygen atoms in total. The van der Waals surface area contributed by atoms with Gasteiger partial charge in [0.15, 0.2) is 0 Å². The third-order valence-corrected chi connectivity index (χ3v) is 2.77. The zero-order chi connectivity index (χ0) is 11.4. The molecule has 0 unspecified atom stereocenters. The van der Waals surface area contributed by atoms with Crippen LogP contribution in [0.15, 0.2) is 24.3 Å². The Labute approximate surface area is 96.0 Å². The first-order valence-electron chi connectivity index (χ1n) is 5.73. The fourth-order valence-electron chi connectivity index (χ4n) is 1.92. The molecular formula is C13H17NO2. The van der Waals surface area contributed by atoms with Crippen molar-refractivity contribution in [2.24, 2.45) is 0 Å². The number of nitrogens with zero attached hydrogens (tertiary/aromatic N) is 1. The maximum atomic E-state index is 11.0. The Morgan fingerprint density at radius 3 is 3.06 bits per heavy atom. The SMILES string of the molecule is CC(=O)CCN1CCCOc2ccccc21. The Balaban J connectivity index is 2.15. The molecule has 1 aliphatic heterocycles. The van der Waals surface area contributed by atoms with Crippen molar-refractivity contribution in [3.05, 3.63) is 24.3 Å². The standard InChI is InChI=1S/C13H17NO2/c1-11(15)7-9-14-8-4-10-16-13-6-3-2-5-12(13)14/h2-3,5-6H,4,7-10H2,1H3. The van der Waals surface area contributed by atoms with Crippen molar-refractivity contribution < 1.29 is 9.53 Å². The van der Waals surface area contributed by atoms with Crippen LogP contribution < -0.4 is 9.64 Å². The normalized spacial score (nSPS) is 14.9. The Kier molecular flexibility index (Phi) is 3.44. The summed E-state index contributed by atoms with van der Waals surface area (Å²) in [6, 6.07) is 8.03. The van der Waals surface area contributed by atoms with E-state index >= 15 is 0 Å². The lowest BCUT2D eigenvalue weighted by atomic mass is 10.2. The third-order valence-electron chi connectivity index (χ3n) is 2.77. The Bertz CT molecular complexity index is 376. The number of rotatable bonds is 3. The number of fused-ring (bicyclic) bond motifs is 1. The van der Waals surface area contributed by atoms with E-state index in [4.69, 9.17) is 4.74 Å². The van der Waals surface area contributed by atoms with Gasteiger partial charge in [-0.05, 0) is 25.5 Å². The molecule has 0 saturated heterocycles. The van der Waals surface area contributed by atoms with Crippen LogP contribution in [0.5, 0.6) is 5.75 Å². The summed E-state index contributed by atoms with van der Waals surface area (Å²) in [4.78, 5) is 13.3. The number of Topliss-reactive ketones (excluding diaryl/α,β-unsaturated/α-hetero) is 1. The second-order valence-electron chi connectivity index (χ2n) is 4.11. The second kappa shape index (κ2) is 5.01. The Morgan fingerprint density at radius 2 is 2.25 bits per heavy atom. The largest absolute Gasteiger partial charge is 0.491 e. The molecule has 0 radical (unpaired) electrons. The summed E-state index contributed by atoms with van der Waals surface area (Å²) in [6.07, 6.45) is 1.61. The molecule has 0 aliphatic carbocycles. The van der Waals surface area contributed by atoms with E-state index in [1.165, 1.54) is 0 Å². The smallest absolute Gasteiger partial charge is 0.142 e. The first-order valence-corrected chi connectivity index (χ1v) is 5.73. The summed E-state index contributed by atoms with van der Waals surface area (Å²) in [5.41, 5.74) is 1.11. The average Bonchev–Trinajstić information content (AvgIpc) is 2.48. The lowest BCUT2D eigenvalue weighted by molar-refractivity contribution is -0.116. The molecule has 1 aromatic carbocycles. The fraction of sp³-hybridized carbons (Fsp3) is 0.462. The lowest BCUT2D eigenvalue weighted by Gasteiger charge is -2.23. The van der Waals surface area contributed by atoms with E-state index in [-0.39, 0.29) is 5.78 Å². The van der Waals surface area contributed by atoms with Gasteiger partial charge in [-0.25, -0.2) is 0 Å². The topological polar surface area (TPSA) is 29.5 Å². The molecule has 0 saturated carbocycles. The Hall–Kier alpha value is -1.51. The summed E-state index contributed by atoms with van der Waals surface area (Å²) in [7, 11) is 0. The number of benzene rings is 1. The zero-order valence-corrected chi connectivity index (χ0v) is 9.61. The first kappa shape index (κ1) is 11.0. The Morgan fingerprint density at radius 1 is 1.44 bits per heavy atom. The van der Waals surface area contributed by atoms with Crippen LogP contribution >= 0.6 is 0 Å². The average molecular weight is 219 g/mol. The second-order valence-corrected chi connectivity index (χ2v) is 4.11. The van der Waals surface area contributed by atoms with Crippen LogP contribution in [0.2, 0.25) is 0 Å². The van der Waals surface area contributed by atoms with Gasteiger partial charge in [0.2, 0.25) is 0 Å². The molecule has 0 fully saturated rings. The lowest BCUT2D eigenvalue weighted by Crippen LogP contribution is -2.26. The van der Waals surface area contributed by atoms with E-state index in [1.54, 1.807) is 6.92 Å². The monoisotopic (exact) mass is 219 g/mol. The fourth-order valence-corrected chi connectivity index (χ4v) is 1.92. The number of ether oxygens (including phenoxy) is 1. The van der Waals surface area contributed by atoms with Crippen molar-refractivity contribution in [3.8, 4) is 5.75 Å². The maximum Gasteiger partial charge on any atom is 0.142 e. The van der Waals surface area contributed by atoms with Crippen molar-refractivity contribution >= 4 is 11.5 Å². The van der Waals surface area contributed by atoms with Gasteiger partial charge >= 0.3 is 0 Å². The summed E-state index contributed by atoms with van der Waals surface area (Å²) < 4.78 is 5.66. The molecule has 0 N–H and O–H groups in total. The van der Waals surface area contributed by atoms with Crippen LogP contribution in [0.25, 0.3) is 0 Å². The maximum absolute atomic E-state index is 11.0. The number of carbonyl (C=O) groups is 1. The molecule has 1 aromatic rings. The van der Waals surface area contributed by atoms with Crippen LogP contribution in [0.1, 0.15) is 19.8 Å². The molecule has 1 heterocycles. The summed E-state index contributed by atoms with van der Waals surface area (Å²) >= 11 is 0. The number of anilines is 1. The molecule has 0 atom stereocenters. The van der Waals surface area contributed by atoms with Crippen LogP contribution in [-0.4, -0.2) is 25.5 Å². The van der Waals surface area contributed by atoms with E-state index in [1.807, 2.05) is 18.2 Å². The van der Waals surface area contributed by atoms with Gasteiger partial charge < -0.3 is 9.64 Å². The minimum absolute atomic E-state index is 0.239. The number of hydrogen-bond donors (Lipinski definition) is 0. The molecule has 2 rings (SSSR count). The van der Waals surface area contributed by atoms with Crippen LogP contribution in [0.4, 0.5) is 5.69 Å². The van der Waals surface area contributed by atoms with Crippen LogP contribution in [-0.2, 0) is 4.79 Å². The van der Waals surface area contributed by atoms with E-state index in [0.29, 0.717) is 6.42 Å². The summed E-state index contributed by atoms with van der Waals surface area (Å²) in [6.45, 7) is 4.15. The number of hydrogen-bond acceptors (Lipinski definition) is 3. The zero-order valence-electron chi connectivity index (χ0n) is 9.61. The highest BCUT2D eigenvalue weighted by atomic mass is 16.5. The van der Waals surface area contributed by atoms with Crippen LogP contribution in [0.3, 0.4) is 0 Å². The third kappa shape index (κ3) is 2.54. The van der Waals surface area contributed by atoms with Gasteiger partial charge in [-0.2, -0.15) is 0 Å². The van der Waals surface area contributed by atoms with E-state index in [0.717, 1.165) is 37.6 Å². The number of ketones is 1. The van der Waals surface area contributed by atoms with Gasteiger partial charge in [0.25, 0.3) is 0 Å². The molecule has 0 amide bonds. The molecule has 16 heavy (non-hydrogen) atoms. The quantitative estimate of drug-likeness (QED) is 0.781. The number of carbonyl (C=O) groups excluding carboxylic acids is 1. The van der Waals surface area contributed by atoms with Gasteiger partial charge in [0.05, 0.1) is 12.3 Å². The highest BCUT2D eigenvalue weighted by Gasteiger charge is 2.15. The molecule has 0 bridgehead atoms. The van der Waals surface area contributed by atoms with Gasteiger partial charge in [-0.1, -0.05) is 12.1 Å². The predicted molar refractivity (Wildman–Crippen MR) is 64.1 cm³/mol.